The van der Waals surface area contributed by atoms with Crippen molar-refractivity contribution in [3.05, 3.63) is 235 Å². The number of nitrogens with zero attached hydrogens (tertiary/aromatic N) is 1. The minimum Gasteiger partial charge on any atom is -0.334 e. The SMILES string of the molecule is Cc1ccc(N(c2ccc(C)cc2)C2C=Cc3c(c4ccccc4c4c(-c5ccccc5)cc(-c5ccc(-c6ccc7ccccc7c6)cc5)c(-c5ccccc5)c34)C2)cc1. The summed E-state index contributed by atoms with van der Waals surface area (Å²) < 4.78 is 0. The van der Waals surface area contributed by atoms with Crippen LogP contribution in [-0.4, -0.2) is 6.04 Å². The van der Waals surface area contributed by atoms with Gasteiger partial charge < -0.3 is 4.90 Å². The van der Waals surface area contributed by atoms with E-state index in [0.717, 1.165) is 6.42 Å². The number of aryl methyl sites for hydroxylation is 2. The van der Waals surface area contributed by atoms with Gasteiger partial charge in [-0.25, -0.2) is 0 Å². The predicted molar refractivity (Wildman–Crippen MR) is 262 cm³/mol. The van der Waals surface area contributed by atoms with Crippen molar-refractivity contribution >= 4 is 49.8 Å². The van der Waals surface area contributed by atoms with Gasteiger partial charge >= 0.3 is 0 Å². The molecule has 1 atom stereocenters. The van der Waals surface area contributed by atoms with Gasteiger partial charge in [-0.15, -0.1) is 0 Å². The molecule has 0 amide bonds. The molecule has 10 aromatic carbocycles. The Labute approximate surface area is 358 Å². The molecule has 0 fully saturated rings. The molecule has 61 heavy (non-hydrogen) atoms. The first-order valence-corrected chi connectivity index (χ1v) is 21.4. The molecule has 0 saturated heterocycles. The van der Waals surface area contributed by atoms with Crippen LogP contribution in [0.15, 0.2) is 212 Å². The molecule has 1 aliphatic carbocycles. The summed E-state index contributed by atoms with van der Waals surface area (Å²) in [6.07, 6.45) is 5.77. The van der Waals surface area contributed by atoms with Crippen LogP contribution in [0.2, 0.25) is 0 Å². The number of rotatable bonds is 7. The molecule has 0 spiro atoms. The standard InChI is InChI=1S/C60H45N/c1-40-21-31-49(32-22-40)61(50-33-23-41(2)24-34-50)51-35-36-54-57(38-51)52-19-11-12-20-53(52)59-56(44-14-5-3-6-15-44)39-55(58(60(54)59)46-16-7-4-8-17-46)45-28-25-43(26-29-45)48-30-27-42-13-9-10-18-47(42)37-48/h3-37,39,51H,38H2,1-2H3. The predicted octanol–water partition coefficient (Wildman–Crippen LogP) is 16.2. The summed E-state index contributed by atoms with van der Waals surface area (Å²) >= 11 is 0. The van der Waals surface area contributed by atoms with Gasteiger partial charge in [0.05, 0.1) is 6.04 Å². The van der Waals surface area contributed by atoms with E-state index in [2.05, 4.69) is 237 Å². The molecule has 1 nitrogen and oxygen atoms in total. The Balaban J connectivity index is 1.17. The number of hydrogen-bond donors (Lipinski definition) is 0. The Kier molecular flexibility index (Phi) is 9.16. The quantitative estimate of drug-likeness (QED) is 0.146. The van der Waals surface area contributed by atoms with E-state index < -0.39 is 0 Å². The van der Waals surface area contributed by atoms with E-state index in [1.807, 2.05) is 0 Å². The van der Waals surface area contributed by atoms with E-state index in [9.17, 15) is 0 Å². The fourth-order valence-electron chi connectivity index (χ4n) is 9.69. The smallest absolute Gasteiger partial charge is 0.0566 e. The third-order valence-electron chi connectivity index (χ3n) is 12.7. The average Bonchev–Trinajstić information content (AvgIpc) is 3.32. The largest absolute Gasteiger partial charge is 0.334 e. The molecular weight excluding hydrogens is 735 g/mol. The van der Waals surface area contributed by atoms with E-state index in [4.69, 9.17) is 0 Å². The zero-order valence-electron chi connectivity index (χ0n) is 34.5. The summed E-state index contributed by atoms with van der Waals surface area (Å²) in [6, 6.07) is 76.4. The Morgan fingerprint density at radius 3 is 1.62 bits per heavy atom. The first kappa shape index (κ1) is 36.6. The Hall–Kier alpha value is -7.48. The van der Waals surface area contributed by atoms with Crippen LogP contribution >= 0.6 is 0 Å². The van der Waals surface area contributed by atoms with E-state index in [-0.39, 0.29) is 6.04 Å². The fourth-order valence-corrected chi connectivity index (χ4v) is 9.69. The number of benzene rings is 10. The molecule has 0 aromatic heterocycles. The normalized spacial score (nSPS) is 13.4. The van der Waals surface area contributed by atoms with Crippen LogP contribution in [0, 0.1) is 13.8 Å². The van der Waals surface area contributed by atoms with Crippen molar-refractivity contribution in [2.45, 2.75) is 26.3 Å². The molecule has 0 heterocycles. The highest BCUT2D eigenvalue weighted by Gasteiger charge is 2.29. The van der Waals surface area contributed by atoms with Crippen molar-refractivity contribution in [2.24, 2.45) is 0 Å². The van der Waals surface area contributed by atoms with Gasteiger partial charge in [0, 0.05) is 11.4 Å². The molecule has 0 aliphatic heterocycles. The van der Waals surface area contributed by atoms with Crippen molar-refractivity contribution in [2.75, 3.05) is 4.90 Å². The van der Waals surface area contributed by atoms with E-state index in [1.54, 1.807) is 0 Å². The average molecular weight is 780 g/mol. The molecule has 1 unspecified atom stereocenters. The molecule has 0 bridgehead atoms. The molecule has 1 heteroatoms. The van der Waals surface area contributed by atoms with Gasteiger partial charge in [-0.2, -0.15) is 0 Å². The molecule has 0 N–H and O–H groups in total. The zero-order valence-corrected chi connectivity index (χ0v) is 34.5. The second-order valence-electron chi connectivity index (χ2n) is 16.6. The molecule has 1 aliphatic rings. The second-order valence-corrected chi connectivity index (χ2v) is 16.6. The van der Waals surface area contributed by atoms with Crippen molar-refractivity contribution in [1.29, 1.82) is 0 Å². The van der Waals surface area contributed by atoms with Crippen LogP contribution in [-0.2, 0) is 6.42 Å². The maximum absolute atomic E-state index is 2.53. The molecule has 10 aromatic rings. The summed E-state index contributed by atoms with van der Waals surface area (Å²) in [7, 11) is 0. The van der Waals surface area contributed by atoms with Gasteiger partial charge in [0.1, 0.15) is 0 Å². The summed E-state index contributed by atoms with van der Waals surface area (Å²) in [4.78, 5) is 2.53. The highest BCUT2D eigenvalue weighted by Crippen LogP contribution is 2.50. The minimum atomic E-state index is 0.110. The second kappa shape index (κ2) is 15.3. The van der Waals surface area contributed by atoms with Crippen LogP contribution in [0.4, 0.5) is 11.4 Å². The monoisotopic (exact) mass is 779 g/mol. The first-order chi connectivity index (χ1) is 30.1. The molecular formula is C60H45N. The highest BCUT2D eigenvalue weighted by atomic mass is 15.2. The molecule has 11 rings (SSSR count). The van der Waals surface area contributed by atoms with Gasteiger partial charge in [0.15, 0.2) is 0 Å². The van der Waals surface area contributed by atoms with Gasteiger partial charge in [-0.1, -0.05) is 193 Å². The number of fused-ring (bicyclic) bond motifs is 7. The van der Waals surface area contributed by atoms with E-state index >= 15 is 0 Å². The van der Waals surface area contributed by atoms with Crippen molar-refractivity contribution in [3.63, 3.8) is 0 Å². The lowest BCUT2D eigenvalue weighted by Gasteiger charge is -2.35. The lowest BCUT2D eigenvalue weighted by Crippen LogP contribution is -2.33. The van der Waals surface area contributed by atoms with Gasteiger partial charge in [0.25, 0.3) is 0 Å². The Bertz CT molecular complexity index is 3200. The molecule has 0 saturated carbocycles. The third kappa shape index (κ3) is 6.60. The van der Waals surface area contributed by atoms with Crippen LogP contribution < -0.4 is 4.90 Å². The van der Waals surface area contributed by atoms with Crippen LogP contribution in [0.25, 0.3) is 82.9 Å². The van der Waals surface area contributed by atoms with Gasteiger partial charge in [-0.3, -0.25) is 0 Å². The van der Waals surface area contributed by atoms with Crippen molar-refractivity contribution < 1.29 is 0 Å². The molecule has 0 radical (unpaired) electrons. The zero-order chi connectivity index (χ0) is 40.9. The van der Waals surface area contributed by atoms with Gasteiger partial charge in [0.2, 0.25) is 0 Å². The van der Waals surface area contributed by atoms with Crippen molar-refractivity contribution in [1.82, 2.24) is 0 Å². The summed E-state index contributed by atoms with van der Waals surface area (Å²) in [5.74, 6) is 0. The van der Waals surface area contributed by atoms with Crippen molar-refractivity contribution in [3.8, 4) is 44.5 Å². The number of hydrogen-bond acceptors (Lipinski definition) is 1. The summed E-state index contributed by atoms with van der Waals surface area (Å²) in [5, 5.41) is 7.72. The fraction of sp³-hybridized carbons (Fsp3) is 0.0667. The maximum atomic E-state index is 2.53. The highest BCUT2D eigenvalue weighted by molar-refractivity contribution is 6.24. The lowest BCUT2D eigenvalue weighted by molar-refractivity contribution is 0.771. The van der Waals surface area contributed by atoms with Crippen LogP contribution in [0.1, 0.15) is 22.3 Å². The van der Waals surface area contributed by atoms with E-state index in [1.165, 1.54) is 110 Å². The van der Waals surface area contributed by atoms with E-state index in [0.29, 0.717) is 0 Å². The minimum absolute atomic E-state index is 0.110. The topological polar surface area (TPSA) is 3.24 Å². The lowest BCUT2D eigenvalue weighted by atomic mass is 9.77. The first-order valence-electron chi connectivity index (χ1n) is 21.4. The van der Waals surface area contributed by atoms with Crippen LogP contribution in [0.3, 0.4) is 0 Å². The Morgan fingerprint density at radius 1 is 0.410 bits per heavy atom. The summed E-state index contributed by atoms with van der Waals surface area (Å²) in [5.41, 5.74) is 17.4. The maximum Gasteiger partial charge on any atom is 0.0566 e. The van der Waals surface area contributed by atoms with Gasteiger partial charge in [-0.05, 0) is 145 Å². The number of anilines is 2. The Morgan fingerprint density at radius 2 is 0.951 bits per heavy atom. The third-order valence-corrected chi connectivity index (χ3v) is 12.7. The van der Waals surface area contributed by atoms with Crippen LogP contribution in [0.5, 0.6) is 0 Å². The molecule has 290 valence electrons. The summed E-state index contributed by atoms with van der Waals surface area (Å²) in [6.45, 7) is 4.32.